The first-order chi connectivity index (χ1) is 10.1. The summed E-state index contributed by atoms with van der Waals surface area (Å²) in [7, 11) is 1.87. The third-order valence-electron chi connectivity index (χ3n) is 4.39. The number of hydrogen-bond donors (Lipinski definition) is 0. The predicted octanol–water partition coefficient (Wildman–Crippen LogP) is 4.52. The van der Waals surface area contributed by atoms with Gasteiger partial charge >= 0.3 is 0 Å². The molecule has 0 saturated heterocycles. The molecule has 0 fully saturated rings. The molecule has 1 unspecified atom stereocenters. The number of benzene rings is 1. The van der Waals surface area contributed by atoms with Crippen LogP contribution in [0.15, 0.2) is 47.6 Å². The van der Waals surface area contributed by atoms with Crippen LogP contribution in [0.1, 0.15) is 49.9 Å². The minimum atomic E-state index is 0.393. The molecule has 2 heteroatoms. The van der Waals surface area contributed by atoms with Crippen LogP contribution in [0, 0.1) is 0 Å². The number of hydrogen-bond acceptors (Lipinski definition) is 2. The Balaban J connectivity index is 2.45. The molecule has 0 bridgehead atoms. The Labute approximate surface area is 128 Å². The van der Waals surface area contributed by atoms with Crippen LogP contribution in [-0.4, -0.2) is 24.2 Å². The normalized spacial score (nSPS) is 19.0. The molecule has 1 aromatic rings. The van der Waals surface area contributed by atoms with E-state index in [0.717, 1.165) is 25.1 Å². The summed E-state index contributed by atoms with van der Waals surface area (Å²) < 4.78 is 0. The van der Waals surface area contributed by atoms with Crippen LogP contribution in [0.5, 0.6) is 0 Å². The lowest BCUT2D eigenvalue weighted by molar-refractivity contribution is 0.251. The van der Waals surface area contributed by atoms with E-state index in [0.29, 0.717) is 6.04 Å². The lowest BCUT2D eigenvalue weighted by atomic mass is 9.87. The van der Waals surface area contributed by atoms with E-state index in [4.69, 9.17) is 0 Å². The van der Waals surface area contributed by atoms with Gasteiger partial charge in [0.15, 0.2) is 0 Å². The number of rotatable bonds is 4. The lowest BCUT2D eigenvalue weighted by Gasteiger charge is -2.38. The molecule has 1 aliphatic heterocycles. The van der Waals surface area contributed by atoms with Crippen LogP contribution in [0.4, 0.5) is 0 Å². The SMILES string of the molecule is C=C(CC)N1CCc2c(C(/C=C\C)=N/C)cccc2C1C. The van der Waals surface area contributed by atoms with E-state index in [1.807, 2.05) is 14.0 Å². The second-order valence-electron chi connectivity index (χ2n) is 5.52. The molecule has 0 N–H and O–H groups in total. The minimum absolute atomic E-state index is 0.393. The molecule has 21 heavy (non-hydrogen) atoms. The molecule has 2 nitrogen and oxygen atoms in total. The van der Waals surface area contributed by atoms with Crippen molar-refractivity contribution < 1.29 is 0 Å². The fraction of sp³-hybridized carbons (Fsp3) is 0.421. The van der Waals surface area contributed by atoms with Crippen molar-refractivity contribution in [1.82, 2.24) is 4.90 Å². The largest absolute Gasteiger partial charge is 0.368 e. The maximum absolute atomic E-state index is 4.45. The molecule has 0 aliphatic carbocycles. The van der Waals surface area contributed by atoms with E-state index in [9.17, 15) is 0 Å². The van der Waals surface area contributed by atoms with Crippen molar-refractivity contribution in [3.8, 4) is 0 Å². The first-order valence-corrected chi connectivity index (χ1v) is 7.80. The highest BCUT2D eigenvalue weighted by Gasteiger charge is 2.26. The molecular formula is C19H26N2. The van der Waals surface area contributed by atoms with Gasteiger partial charge in [-0.3, -0.25) is 4.99 Å². The van der Waals surface area contributed by atoms with Crippen molar-refractivity contribution >= 4 is 5.71 Å². The summed E-state index contributed by atoms with van der Waals surface area (Å²) in [5.41, 5.74) is 6.45. The quantitative estimate of drug-likeness (QED) is 0.741. The van der Waals surface area contributed by atoms with Crippen molar-refractivity contribution in [2.45, 2.75) is 39.7 Å². The van der Waals surface area contributed by atoms with Gasteiger partial charge < -0.3 is 4.90 Å². The van der Waals surface area contributed by atoms with E-state index in [2.05, 4.69) is 60.7 Å². The third kappa shape index (κ3) is 2.94. The Morgan fingerprint density at radius 3 is 2.86 bits per heavy atom. The zero-order chi connectivity index (χ0) is 15.4. The van der Waals surface area contributed by atoms with Crippen LogP contribution in [0.25, 0.3) is 0 Å². The fourth-order valence-corrected chi connectivity index (χ4v) is 3.19. The third-order valence-corrected chi connectivity index (χ3v) is 4.39. The van der Waals surface area contributed by atoms with Crippen LogP contribution in [0.3, 0.4) is 0 Å². The second kappa shape index (κ2) is 6.75. The summed E-state index contributed by atoms with van der Waals surface area (Å²) in [6, 6.07) is 6.99. The molecule has 1 aliphatic rings. The molecule has 0 radical (unpaired) electrons. The lowest BCUT2D eigenvalue weighted by Crippen LogP contribution is -2.33. The first-order valence-electron chi connectivity index (χ1n) is 7.80. The number of allylic oxidation sites excluding steroid dienone is 3. The van der Waals surface area contributed by atoms with E-state index in [1.165, 1.54) is 22.4 Å². The highest BCUT2D eigenvalue weighted by Crippen LogP contribution is 2.34. The van der Waals surface area contributed by atoms with Gasteiger partial charge in [0.05, 0.1) is 11.8 Å². The molecule has 1 aromatic carbocycles. The predicted molar refractivity (Wildman–Crippen MR) is 92.0 cm³/mol. The maximum atomic E-state index is 4.45. The molecule has 0 amide bonds. The summed E-state index contributed by atoms with van der Waals surface area (Å²) in [6.45, 7) is 11.8. The monoisotopic (exact) mass is 282 g/mol. The fourth-order valence-electron chi connectivity index (χ4n) is 3.19. The Kier molecular flexibility index (Phi) is 5.00. The Hall–Kier alpha value is -1.83. The summed E-state index contributed by atoms with van der Waals surface area (Å²) in [5, 5.41) is 0. The topological polar surface area (TPSA) is 15.6 Å². The average Bonchev–Trinajstić information content (AvgIpc) is 2.52. The van der Waals surface area contributed by atoms with Gasteiger partial charge in [-0.15, -0.1) is 0 Å². The van der Waals surface area contributed by atoms with Crippen molar-refractivity contribution in [3.05, 3.63) is 59.3 Å². The minimum Gasteiger partial charge on any atom is -0.368 e. The van der Waals surface area contributed by atoms with Crippen LogP contribution < -0.4 is 0 Å². The Bertz CT molecular complexity index is 581. The summed E-state index contributed by atoms with van der Waals surface area (Å²) in [4.78, 5) is 6.89. The van der Waals surface area contributed by atoms with Crippen LogP contribution in [-0.2, 0) is 6.42 Å². The highest BCUT2D eigenvalue weighted by molar-refractivity contribution is 6.09. The molecule has 0 saturated carbocycles. The van der Waals surface area contributed by atoms with Gasteiger partial charge in [0.1, 0.15) is 0 Å². The molecule has 2 rings (SSSR count). The van der Waals surface area contributed by atoms with Gasteiger partial charge in [0, 0.05) is 24.9 Å². The van der Waals surface area contributed by atoms with Crippen molar-refractivity contribution in [1.29, 1.82) is 0 Å². The van der Waals surface area contributed by atoms with Crippen molar-refractivity contribution in [3.63, 3.8) is 0 Å². The van der Waals surface area contributed by atoms with Crippen molar-refractivity contribution in [2.24, 2.45) is 4.99 Å². The molecular weight excluding hydrogens is 256 g/mol. The summed E-state index contributed by atoms with van der Waals surface area (Å²) in [6.07, 6.45) is 6.22. The van der Waals surface area contributed by atoms with Gasteiger partial charge in [0.2, 0.25) is 0 Å². The Morgan fingerprint density at radius 2 is 2.24 bits per heavy atom. The summed E-state index contributed by atoms with van der Waals surface area (Å²) in [5.74, 6) is 0. The average molecular weight is 282 g/mol. The maximum Gasteiger partial charge on any atom is 0.0642 e. The number of aliphatic imine (C=N–C) groups is 1. The zero-order valence-corrected chi connectivity index (χ0v) is 13.7. The Morgan fingerprint density at radius 1 is 1.48 bits per heavy atom. The number of nitrogens with zero attached hydrogens (tertiary/aromatic N) is 2. The van der Waals surface area contributed by atoms with Crippen LogP contribution in [0.2, 0.25) is 0 Å². The standard InChI is InChI=1S/C19H26N2/c1-6-9-19(20-5)18-11-8-10-16-15(4)21(14(3)7-2)13-12-17(16)18/h6,8-11,15H,3,7,12-13H2,1-2,4-5H3/b9-6-,20-19+. The first kappa shape index (κ1) is 15.6. The van der Waals surface area contributed by atoms with E-state index in [-0.39, 0.29) is 0 Å². The molecule has 0 aromatic heterocycles. The second-order valence-corrected chi connectivity index (χ2v) is 5.52. The zero-order valence-electron chi connectivity index (χ0n) is 13.7. The molecule has 1 atom stereocenters. The summed E-state index contributed by atoms with van der Waals surface area (Å²) >= 11 is 0. The van der Waals surface area contributed by atoms with E-state index < -0.39 is 0 Å². The van der Waals surface area contributed by atoms with Gasteiger partial charge in [-0.05, 0) is 43.9 Å². The van der Waals surface area contributed by atoms with Gasteiger partial charge in [0.25, 0.3) is 0 Å². The number of fused-ring (bicyclic) bond motifs is 1. The van der Waals surface area contributed by atoms with Gasteiger partial charge in [-0.1, -0.05) is 37.8 Å². The smallest absolute Gasteiger partial charge is 0.0642 e. The van der Waals surface area contributed by atoms with Crippen molar-refractivity contribution in [2.75, 3.05) is 13.6 Å². The van der Waals surface area contributed by atoms with Gasteiger partial charge in [-0.2, -0.15) is 0 Å². The molecule has 1 heterocycles. The van der Waals surface area contributed by atoms with Gasteiger partial charge in [-0.25, -0.2) is 0 Å². The highest BCUT2D eigenvalue weighted by atomic mass is 15.2. The molecule has 0 spiro atoms. The molecule has 112 valence electrons. The van der Waals surface area contributed by atoms with E-state index in [1.54, 1.807) is 0 Å². The van der Waals surface area contributed by atoms with E-state index >= 15 is 0 Å². The van der Waals surface area contributed by atoms with Crippen LogP contribution >= 0.6 is 0 Å².